The number of likely N-dealkylation sites (tertiary alicyclic amines) is 1. The SMILES string of the molecule is CCC1CCCCN1CC(O)COc1cccc(CN)c1. The van der Waals surface area contributed by atoms with E-state index in [4.69, 9.17) is 10.5 Å². The highest BCUT2D eigenvalue weighted by molar-refractivity contribution is 5.28. The molecule has 1 aromatic carbocycles. The Bertz CT molecular complexity index is 425. The Morgan fingerprint density at radius 1 is 1.43 bits per heavy atom. The lowest BCUT2D eigenvalue weighted by atomic mass is 10.00. The molecule has 4 heteroatoms. The molecule has 1 saturated heterocycles. The van der Waals surface area contributed by atoms with Gasteiger partial charge in [-0.3, -0.25) is 4.90 Å². The molecule has 1 aromatic rings. The highest BCUT2D eigenvalue weighted by Crippen LogP contribution is 2.20. The van der Waals surface area contributed by atoms with Crippen LogP contribution in [0.5, 0.6) is 5.75 Å². The Hall–Kier alpha value is -1.10. The summed E-state index contributed by atoms with van der Waals surface area (Å²) < 4.78 is 5.69. The normalized spacial score (nSPS) is 21.2. The maximum Gasteiger partial charge on any atom is 0.119 e. The van der Waals surface area contributed by atoms with Crippen molar-refractivity contribution in [1.29, 1.82) is 0 Å². The second-order valence-electron chi connectivity index (χ2n) is 5.87. The lowest BCUT2D eigenvalue weighted by molar-refractivity contribution is 0.0387. The van der Waals surface area contributed by atoms with Crippen LogP contribution in [0.4, 0.5) is 0 Å². The summed E-state index contributed by atoms with van der Waals surface area (Å²) >= 11 is 0. The number of ether oxygens (including phenoxy) is 1. The van der Waals surface area contributed by atoms with Crippen LogP contribution in [0.25, 0.3) is 0 Å². The molecule has 0 amide bonds. The molecule has 118 valence electrons. The Morgan fingerprint density at radius 2 is 2.29 bits per heavy atom. The number of benzene rings is 1. The Kier molecular flexibility index (Phi) is 6.49. The van der Waals surface area contributed by atoms with Crippen LogP contribution in [0.3, 0.4) is 0 Å². The second-order valence-corrected chi connectivity index (χ2v) is 5.87. The molecule has 0 aromatic heterocycles. The molecule has 0 bridgehead atoms. The molecule has 0 saturated carbocycles. The molecule has 0 spiro atoms. The average Bonchev–Trinajstić information content (AvgIpc) is 2.53. The van der Waals surface area contributed by atoms with E-state index in [1.165, 1.54) is 19.3 Å². The molecule has 21 heavy (non-hydrogen) atoms. The van der Waals surface area contributed by atoms with Crippen LogP contribution < -0.4 is 10.5 Å². The van der Waals surface area contributed by atoms with Crippen molar-refractivity contribution in [3.8, 4) is 5.75 Å². The van der Waals surface area contributed by atoms with E-state index in [2.05, 4.69) is 11.8 Å². The first-order chi connectivity index (χ1) is 10.2. The van der Waals surface area contributed by atoms with Gasteiger partial charge in [0.2, 0.25) is 0 Å². The minimum atomic E-state index is -0.446. The summed E-state index contributed by atoms with van der Waals surface area (Å²) in [6, 6.07) is 8.36. The van der Waals surface area contributed by atoms with Gasteiger partial charge in [-0.05, 0) is 43.5 Å². The standard InChI is InChI=1S/C17H28N2O2/c1-2-15-7-3-4-9-19(15)12-16(20)13-21-17-8-5-6-14(10-17)11-18/h5-6,8,10,15-16,20H,2-4,7,9,11-13,18H2,1H3. The molecule has 0 radical (unpaired) electrons. The van der Waals surface area contributed by atoms with Crippen molar-refractivity contribution >= 4 is 0 Å². The van der Waals surface area contributed by atoms with Crippen LogP contribution in [0.2, 0.25) is 0 Å². The van der Waals surface area contributed by atoms with Crippen molar-refractivity contribution in [2.45, 2.75) is 51.3 Å². The molecule has 1 aliphatic heterocycles. The van der Waals surface area contributed by atoms with E-state index >= 15 is 0 Å². The highest BCUT2D eigenvalue weighted by Gasteiger charge is 2.23. The molecule has 2 unspecified atom stereocenters. The maximum absolute atomic E-state index is 10.2. The summed E-state index contributed by atoms with van der Waals surface area (Å²) in [6.45, 7) is 4.87. The van der Waals surface area contributed by atoms with Crippen molar-refractivity contribution < 1.29 is 9.84 Å². The van der Waals surface area contributed by atoms with Gasteiger partial charge in [0, 0.05) is 19.1 Å². The fourth-order valence-corrected chi connectivity index (χ4v) is 3.04. The van der Waals surface area contributed by atoms with Crippen molar-refractivity contribution in [1.82, 2.24) is 4.90 Å². The molecule has 4 nitrogen and oxygen atoms in total. The van der Waals surface area contributed by atoms with Crippen molar-refractivity contribution in [2.75, 3.05) is 19.7 Å². The number of nitrogens with two attached hydrogens (primary N) is 1. The minimum absolute atomic E-state index is 0.334. The van der Waals surface area contributed by atoms with E-state index in [1.807, 2.05) is 24.3 Å². The highest BCUT2D eigenvalue weighted by atomic mass is 16.5. The number of β-amino-alcohol motifs (C(OH)–C–C–N with tert-alkyl or cyclic N) is 1. The average molecular weight is 292 g/mol. The first-order valence-electron chi connectivity index (χ1n) is 8.06. The summed E-state index contributed by atoms with van der Waals surface area (Å²) in [6.07, 6.45) is 4.52. The van der Waals surface area contributed by atoms with Gasteiger partial charge in [-0.25, -0.2) is 0 Å². The number of aliphatic hydroxyl groups is 1. The van der Waals surface area contributed by atoms with E-state index in [9.17, 15) is 5.11 Å². The molecular weight excluding hydrogens is 264 g/mol. The Morgan fingerprint density at radius 3 is 3.05 bits per heavy atom. The van der Waals surface area contributed by atoms with E-state index in [0.29, 0.717) is 25.7 Å². The third-order valence-corrected chi connectivity index (χ3v) is 4.24. The fraction of sp³-hybridized carbons (Fsp3) is 0.647. The first-order valence-corrected chi connectivity index (χ1v) is 8.06. The first kappa shape index (κ1) is 16.3. The van der Waals surface area contributed by atoms with Crippen molar-refractivity contribution in [3.05, 3.63) is 29.8 Å². The predicted molar refractivity (Wildman–Crippen MR) is 85.3 cm³/mol. The number of nitrogens with zero attached hydrogens (tertiary/aromatic N) is 1. The number of piperidine rings is 1. The van der Waals surface area contributed by atoms with Crippen molar-refractivity contribution in [2.24, 2.45) is 5.73 Å². The van der Waals surface area contributed by atoms with Gasteiger partial charge < -0.3 is 15.6 Å². The van der Waals surface area contributed by atoms with Gasteiger partial charge in [-0.15, -0.1) is 0 Å². The molecule has 1 heterocycles. The predicted octanol–water partition coefficient (Wildman–Crippen LogP) is 2.15. The number of aliphatic hydroxyl groups excluding tert-OH is 1. The van der Waals surface area contributed by atoms with Gasteiger partial charge in [0.05, 0.1) is 0 Å². The Balaban J connectivity index is 1.79. The Labute approximate surface area is 127 Å². The fourth-order valence-electron chi connectivity index (χ4n) is 3.04. The van der Waals surface area contributed by atoms with Crippen LogP contribution in [0.15, 0.2) is 24.3 Å². The third-order valence-electron chi connectivity index (χ3n) is 4.24. The monoisotopic (exact) mass is 292 g/mol. The van der Waals surface area contributed by atoms with Gasteiger partial charge in [0.25, 0.3) is 0 Å². The van der Waals surface area contributed by atoms with Crippen LogP contribution >= 0.6 is 0 Å². The van der Waals surface area contributed by atoms with Crippen LogP contribution in [0.1, 0.15) is 38.2 Å². The summed E-state index contributed by atoms with van der Waals surface area (Å²) in [5, 5.41) is 10.2. The smallest absolute Gasteiger partial charge is 0.119 e. The largest absolute Gasteiger partial charge is 0.491 e. The van der Waals surface area contributed by atoms with Crippen LogP contribution in [0, 0.1) is 0 Å². The van der Waals surface area contributed by atoms with Gasteiger partial charge in [0.1, 0.15) is 18.5 Å². The van der Waals surface area contributed by atoms with Gasteiger partial charge in [0.15, 0.2) is 0 Å². The lowest BCUT2D eigenvalue weighted by Crippen LogP contribution is -2.44. The summed E-state index contributed by atoms with van der Waals surface area (Å²) in [7, 11) is 0. The van der Waals surface area contributed by atoms with Gasteiger partial charge in [-0.1, -0.05) is 25.5 Å². The van der Waals surface area contributed by atoms with Gasteiger partial charge in [-0.2, -0.15) is 0 Å². The zero-order valence-electron chi connectivity index (χ0n) is 13.0. The van der Waals surface area contributed by atoms with E-state index < -0.39 is 6.10 Å². The molecule has 1 aliphatic rings. The van der Waals surface area contributed by atoms with E-state index in [-0.39, 0.29) is 0 Å². The zero-order chi connectivity index (χ0) is 15.1. The summed E-state index contributed by atoms with van der Waals surface area (Å²) in [5.74, 6) is 0.780. The van der Waals surface area contributed by atoms with Gasteiger partial charge >= 0.3 is 0 Å². The van der Waals surface area contributed by atoms with E-state index in [0.717, 1.165) is 24.3 Å². The second kappa shape index (κ2) is 8.37. The molecule has 2 atom stereocenters. The summed E-state index contributed by atoms with van der Waals surface area (Å²) in [5.41, 5.74) is 6.66. The number of rotatable bonds is 7. The topological polar surface area (TPSA) is 58.7 Å². The third kappa shape index (κ3) is 4.99. The summed E-state index contributed by atoms with van der Waals surface area (Å²) in [4.78, 5) is 2.41. The molecule has 0 aliphatic carbocycles. The lowest BCUT2D eigenvalue weighted by Gasteiger charge is -2.36. The van der Waals surface area contributed by atoms with E-state index in [1.54, 1.807) is 0 Å². The molecular formula is C17H28N2O2. The maximum atomic E-state index is 10.2. The zero-order valence-corrected chi connectivity index (χ0v) is 13.0. The van der Waals surface area contributed by atoms with Crippen LogP contribution in [-0.2, 0) is 6.54 Å². The number of hydrogen-bond donors (Lipinski definition) is 2. The minimum Gasteiger partial charge on any atom is -0.491 e. The molecule has 1 fully saturated rings. The quantitative estimate of drug-likeness (QED) is 0.808. The molecule has 3 N–H and O–H groups in total. The molecule has 2 rings (SSSR count). The van der Waals surface area contributed by atoms with Crippen molar-refractivity contribution in [3.63, 3.8) is 0 Å². The van der Waals surface area contributed by atoms with Crippen LogP contribution in [-0.4, -0.2) is 41.8 Å². The number of hydrogen-bond acceptors (Lipinski definition) is 4.